The molecule has 118 valence electrons. The summed E-state index contributed by atoms with van der Waals surface area (Å²) in [5.41, 5.74) is 7.75. The number of hydrogen-bond acceptors (Lipinski definition) is 3. The Labute approximate surface area is 129 Å². The molecule has 2 rings (SSSR count). The fourth-order valence-corrected chi connectivity index (χ4v) is 3.42. The number of rotatable bonds is 6. The first-order valence-electron chi connectivity index (χ1n) is 8.44. The SMILES string of the molecule is CCCNC(Cc1cccnc1N)C1CCC(C)(C)CC1. The number of hydrogen-bond donors (Lipinski definition) is 2. The Morgan fingerprint density at radius 1 is 1.38 bits per heavy atom. The van der Waals surface area contributed by atoms with Crippen molar-refractivity contribution in [1.29, 1.82) is 0 Å². The fourth-order valence-electron chi connectivity index (χ4n) is 3.42. The van der Waals surface area contributed by atoms with Crippen LogP contribution in [0.15, 0.2) is 18.3 Å². The predicted octanol–water partition coefficient (Wildman–Crippen LogP) is 3.79. The number of nitrogens with zero attached hydrogens (tertiary/aromatic N) is 1. The summed E-state index contributed by atoms with van der Waals surface area (Å²) in [5, 5.41) is 3.76. The van der Waals surface area contributed by atoms with Crippen LogP contribution in [0.1, 0.15) is 58.4 Å². The Kier molecular flexibility index (Phi) is 5.63. The number of aromatic nitrogens is 1. The number of nitrogens with one attached hydrogen (secondary N) is 1. The molecule has 3 nitrogen and oxygen atoms in total. The molecule has 1 fully saturated rings. The summed E-state index contributed by atoms with van der Waals surface area (Å²) >= 11 is 0. The van der Waals surface area contributed by atoms with Crippen LogP contribution in [0.3, 0.4) is 0 Å². The molecule has 1 saturated carbocycles. The van der Waals surface area contributed by atoms with Crippen LogP contribution in [0.2, 0.25) is 0 Å². The standard InChI is InChI=1S/C18H31N3/c1-4-11-20-16(13-15-6-5-12-21-17(15)19)14-7-9-18(2,3)10-8-14/h5-6,12,14,16,20H,4,7-11,13H2,1-3H3,(H2,19,21). The maximum absolute atomic E-state index is 6.03. The van der Waals surface area contributed by atoms with E-state index >= 15 is 0 Å². The van der Waals surface area contributed by atoms with E-state index in [0.29, 0.717) is 17.3 Å². The van der Waals surface area contributed by atoms with E-state index < -0.39 is 0 Å². The summed E-state index contributed by atoms with van der Waals surface area (Å²) in [6.45, 7) is 8.12. The minimum atomic E-state index is 0.527. The van der Waals surface area contributed by atoms with Gasteiger partial charge in [0.05, 0.1) is 0 Å². The molecule has 1 aliphatic carbocycles. The van der Waals surface area contributed by atoms with Crippen LogP contribution in [-0.4, -0.2) is 17.6 Å². The van der Waals surface area contributed by atoms with E-state index in [4.69, 9.17) is 5.73 Å². The molecule has 1 aromatic heterocycles. The van der Waals surface area contributed by atoms with Crippen LogP contribution in [0, 0.1) is 11.3 Å². The van der Waals surface area contributed by atoms with Gasteiger partial charge in [0.25, 0.3) is 0 Å². The van der Waals surface area contributed by atoms with Crippen molar-refractivity contribution in [3.05, 3.63) is 23.9 Å². The lowest BCUT2D eigenvalue weighted by atomic mass is 9.70. The van der Waals surface area contributed by atoms with E-state index in [-0.39, 0.29) is 0 Å². The largest absolute Gasteiger partial charge is 0.383 e. The van der Waals surface area contributed by atoms with Crippen molar-refractivity contribution in [2.24, 2.45) is 11.3 Å². The minimum absolute atomic E-state index is 0.527. The molecule has 1 aliphatic rings. The Bertz CT molecular complexity index is 432. The van der Waals surface area contributed by atoms with Gasteiger partial charge in [-0.3, -0.25) is 0 Å². The van der Waals surface area contributed by atoms with E-state index in [9.17, 15) is 0 Å². The monoisotopic (exact) mass is 289 g/mol. The maximum Gasteiger partial charge on any atom is 0.126 e. The second-order valence-corrected chi connectivity index (χ2v) is 7.31. The second kappa shape index (κ2) is 7.26. The van der Waals surface area contributed by atoms with Gasteiger partial charge in [-0.05, 0) is 68.0 Å². The van der Waals surface area contributed by atoms with Gasteiger partial charge in [0.1, 0.15) is 5.82 Å². The summed E-state index contributed by atoms with van der Waals surface area (Å²) in [7, 11) is 0. The Hall–Kier alpha value is -1.09. The van der Waals surface area contributed by atoms with Crippen molar-refractivity contribution >= 4 is 5.82 Å². The molecule has 1 heterocycles. The molecule has 0 bridgehead atoms. The lowest BCUT2D eigenvalue weighted by molar-refractivity contribution is 0.160. The van der Waals surface area contributed by atoms with E-state index in [0.717, 1.165) is 18.9 Å². The van der Waals surface area contributed by atoms with E-state index in [2.05, 4.69) is 37.1 Å². The van der Waals surface area contributed by atoms with Crippen LogP contribution >= 0.6 is 0 Å². The van der Waals surface area contributed by atoms with Crippen LogP contribution < -0.4 is 11.1 Å². The first-order chi connectivity index (χ1) is 10.0. The molecular formula is C18H31N3. The lowest BCUT2D eigenvalue weighted by Crippen LogP contribution is -2.41. The number of nitrogens with two attached hydrogens (primary N) is 1. The highest BCUT2D eigenvalue weighted by molar-refractivity contribution is 5.39. The van der Waals surface area contributed by atoms with Crippen molar-refractivity contribution in [3.8, 4) is 0 Å². The molecule has 0 saturated heterocycles. The topological polar surface area (TPSA) is 50.9 Å². The Morgan fingerprint density at radius 2 is 2.10 bits per heavy atom. The average molecular weight is 289 g/mol. The summed E-state index contributed by atoms with van der Waals surface area (Å²) in [4.78, 5) is 4.23. The fraction of sp³-hybridized carbons (Fsp3) is 0.722. The Morgan fingerprint density at radius 3 is 2.71 bits per heavy atom. The summed E-state index contributed by atoms with van der Waals surface area (Å²) in [5.74, 6) is 1.46. The van der Waals surface area contributed by atoms with Gasteiger partial charge in [0, 0.05) is 12.2 Å². The molecular weight excluding hydrogens is 258 g/mol. The number of pyridine rings is 1. The molecule has 0 aliphatic heterocycles. The summed E-state index contributed by atoms with van der Waals surface area (Å²) in [6.07, 6.45) is 9.29. The van der Waals surface area contributed by atoms with E-state index in [1.807, 2.05) is 6.07 Å². The smallest absolute Gasteiger partial charge is 0.126 e. The number of nitrogen functional groups attached to an aromatic ring is 1. The molecule has 21 heavy (non-hydrogen) atoms. The van der Waals surface area contributed by atoms with Crippen molar-refractivity contribution in [3.63, 3.8) is 0 Å². The zero-order chi connectivity index (χ0) is 15.3. The molecule has 0 radical (unpaired) electrons. The molecule has 0 amide bonds. The van der Waals surface area contributed by atoms with Crippen LogP contribution in [0.5, 0.6) is 0 Å². The van der Waals surface area contributed by atoms with Crippen LogP contribution in [0.4, 0.5) is 5.82 Å². The quantitative estimate of drug-likeness (QED) is 0.837. The lowest BCUT2D eigenvalue weighted by Gasteiger charge is -2.38. The van der Waals surface area contributed by atoms with Crippen LogP contribution in [-0.2, 0) is 6.42 Å². The average Bonchev–Trinajstić information content (AvgIpc) is 2.46. The molecule has 1 unspecified atom stereocenters. The highest BCUT2D eigenvalue weighted by Gasteiger charge is 2.31. The molecule has 1 atom stereocenters. The van der Waals surface area contributed by atoms with Gasteiger partial charge < -0.3 is 11.1 Å². The second-order valence-electron chi connectivity index (χ2n) is 7.31. The summed E-state index contributed by atoms with van der Waals surface area (Å²) in [6, 6.07) is 4.65. The van der Waals surface area contributed by atoms with Gasteiger partial charge in [0.15, 0.2) is 0 Å². The molecule has 0 spiro atoms. The predicted molar refractivity (Wildman–Crippen MR) is 90.2 cm³/mol. The van der Waals surface area contributed by atoms with Gasteiger partial charge >= 0.3 is 0 Å². The van der Waals surface area contributed by atoms with Gasteiger partial charge in [-0.1, -0.05) is 26.8 Å². The third-order valence-electron chi connectivity index (χ3n) is 4.98. The Balaban J connectivity index is 2.03. The van der Waals surface area contributed by atoms with E-state index in [1.54, 1.807) is 6.20 Å². The molecule has 3 N–H and O–H groups in total. The summed E-state index contributed by atoms with van der Waals surface area (Å²) < 4.78 is 0. The van der Waals surface area contributed by atoms with Gasteiger partial charge in [-0.2, -0.15) is 0 Å². The first kappa shape index (κ1) is 16.3. The number of anilines is 1. The molecule has 1 aromatic rings. The third kappa shape index (κ3) is 4.70. The zero-order valence-corrected chi connectivity index (χ0v) is 13.9. The normalized spacial score (nSPS) is 20.3. The third-order valence-corrected chi connectivity index (χ3v) is 4.98. The van der Waals surface area contributed by atoms with Gasteiger partial charge in [0.2, 0.25) is 0 Å². The zero-order valence-electron chi connectivity index (χ0n) is 13.9. The maximum atomic E-state index is 6.03. The van der Waals surface area contributed by atoms with Crippen molar-refractivity contribution in [2.45, 2.75) is 65.3 Å². The van der Waals surface area contributed by atoms with Crippen molar-refractivity contribution in [1.82, 2.24) is 10.3 Å². The molecule has 3 heteroatoms. The first-order valence-corrected chi connectivity index (χ1v) is 8.44. The van der Waals surface area contributed by atoms with Crippen molar-refractivity contribution in [2.75, 3.05) is 12.3 Å². The highest BCUT2D eigenvalue weighted by Crippen LogP contribution is 2.39. The highest BCUT2D eigenvalue weighted by atomic mass is 14.9. The van der Waals surface area contributed by atoms with E-state index in [1.165, 1.54) is 37.7 Å². The van der Waals surface area contributed by atoms with Crippen molar-refractivity contribution < 1.29 is 0 Å². The van der Waals surface area contributed by atoms with Crippen LogP contribution in [0.25, 0.3) is 0 Å². The minimum Gasteiger partial charge on any atom is -0.383 e. The van der Waals surface area contributed by atoms with Gasteiger partial charge in [-0.15, -0.1) is 0 Å². The van der Waals surface area contributed by atoms with Gasteiger partial charge in [-0.25, -0.2) is 4.98 Å². The molecule has 0 aromatic carbocycles.